The van der Waals surface area contributed by atoms with Gasteiger partial charge in [0.15, 0.2) is 6.61 Å². The van der Waals surface area contributed by atoms with E-state index >= 15 is 0 Å². The van der Waals surface area contributed by atoms with Gasteiger partial charge in [0, 0.05) is 89.0 Å². The highest BCUT2D eigenvalue weighted by Crippen LogP contribution is 2.25. The lowest BCUT2D eigenvalue weighted by Crippen LogP contribution is -3.02. The minimum Gasteiger partial charge on any atom is -0.494 e. The number of hydrogen-bond acceptors (Lipinski definition) is 18. The Labute approximate surface area is 561 Å². The lowest BCUT2D eigenvalue weighted by Gasteiger charge is -2.25. The summed E-state index contributed by atoms with van der Waals surface area (Å²) in [5.74, 6) is 15.1. The summed E-state index contributed by atoms with van der Waals surface area (Å²) < 4.78 is 33.4. The van der Waals surface area contributed by atoms with E-state index in [1.54, 1.807) is 19.1 Å². The molecule has 6 bridgehead atoms. The number of pyridine rings is 3. The minimum absolute atomic E-state index is 0.0602. The van der Waals surface area contributed by atoms with Crippen LogP contribution in [0.25, 0.3) is 11.1 Å². The average Bonchev–Trinajstić information content (AvgIpc) is 0.840. The number of methoxy groups -OCH3 is 2. The van der Waals surface area contributed by atoms with E-state index in [2.05, 4.69) is 93.7 Å². The predicted molar refractivity (Wildman–Crippen MR) is 365 cm³/mol. The number of hydrogen-bond donors (Lipinski definition) is 4. The van der Waals surface area contributed by atoms with Crippen molar-refractivity contribution in [2.24, 2.45) is 5.73 Å². The number of aromatic nitrogens is 3. The van der Waals surface area contributed by atoms with Crippen molar-refractivity contribution in [3.05, 3.63) is 172 Å². The molecule has 0 saturated heterocycles. The number of rotatable bonds is 20. The van der Waals surface area contributed by atoms with Gasteiger partial charge in [-0.1, -0.05) is 54.0 Å². The predicted octanol–water partition coefficient (Wildman–Crippen LogP) is 4.97. The number of nitrogens with one attached hydrogen (secondary N) is 3. The largest absolute Gasteiger partial charge is 0.494 e. The van der Waals surface area contributed by atoms with Crippen LogP contribution in [-0.4, -0.2) is 186 Å². The van der Waals surface area contributed by atoms with Crippen LogP contribution in [0, 0.1) is 36.0 Å². The highest BCUT2D eigenvalue weighted by atomic mass is 16.5. The minimum atomic E-state index is -0.469. The van der Waals surface area contributed by atoms with E-state index in [0.29, 0.717) is 82.8 Å². The molecule has 0 fully saturated rings. The molecule has 95 heavy (non-hydrogen) atoms. The van der Waals surface area contributed by atoms with E-state index < -0.39 is 17.9 Å². The van der Waals surface area contributed by atoms with Crippen LogP contribution in [0.2, 0.25) is 0 Å². The molecule has 0 saturated carbocycles. The summed E-state index contributed by atoms with van der Waals surface area (Å²) in [7, 11) is 15.3. The molecule has 22 heteroatoms. The Morgan fingerprint density at radius 1 is 0.589 bits per heavy atom. The Balaban J connectivity index is 0.00000115. The molecule has 1 aliphatic heterocycles. The van der Waals surface area contributed by atoms with Crippen LogP contribution in [0.5, 0.6) is 11.5 Å². The van der Waals surface area contributed by atoms with Crippen molar-refractivity contribution >= 4 is 29.7 Å². The first-order valence-corrected chi connectivity index (χ1v) is 31.2. The van der Waals surface area contributed by atoms with Crippen LogP contribution in [0.3, 0.4) is 0 Å². The van der Waals surface area contributed by atoms with Crippen LogP contribution in [-0.2, 0) is 82.2 Å². The van der Waals surface area contributed by atoms with Gasteiger partial charge in [0.05, 0.1) is 110 Å². The van der Waals surface area contributed by atoms with Gasteiger partial charge >= 0.3 is 17.9 Å². The van der Waals surface area contributed by atoms with Gasteiger partial charge in [0.2, 0.25) is 5.91 Å². The zero-order chi connectivity index (χ0) is 69.5. The number of fused-ring (bicyclic) bond motifs is 6. The van der Waals surface area contributed by atoms with Gasteiger partial charge < -0.3 is 54.2 Å². The van der Waals surface area contributed by atoms with Crippen molar-refractivity contribution in [2.75, 3.05) is 123 Å². The number of amides is 2. The third-order valence-corrected chi connectivity index (χ3v) is 12.8. The number of terminal acetylenes is 1. The third-order valence-electron chi connectivity index (χ3n) is 12.8. The first-order valence-electron chi connectivity index (χ1n) is 31.2. The van der Waals surface area contributed by atoms with Crippen LogP contribution < -0.4 is 30.7 Å². The highest BCUT2D eigenvalue weighted by Gasteiger charge is 2.21. The number of quaternary nitrogens is 2. The van der Waals surface area contributed by atoms with E-state index in [1.807, 2.05) is 125 Å². The Hall–Kier alpha value is -9.54. The maximum atomic E-state index is 13.2. The third kappa shape index (κ3) is 33.2. The second-order valence-corrected chi connectivity index (χ2v) is 23.5. The van der Waals surface area contributed by atoms with E-state index in [0.717, 1.165) is 39.9 Å². The van der Waals surface area contributed by atoms with Crippen LogP contribution in [0.15, 0.2) is 115 Å². The fourth-order valence-corrected chi connectivity index (χ4v) is 8.77. The Kier molecular flexibility index (Phi) is 35.0. The monoisotopic (exact) mass is 1300 g/mol. The van der Waals surface area contributed by atoms with Gasteiger partial charge in [-0.2, -0.15) is 0 Å². The molecule has 0 aliphatic carbocycles. The molecule has 3 aromatic heterocycles. The Morgan fingerprint density at radius 3 is 1.40 bits per heavy atom. The van der Waals surface area contributed by atoms with Gasteiger partial charge in [-0.15, -0.1) is 12.3 Å². The fourth-order valence-electron chi connectivity index (χ4n) is 8.77. The second-order valence-electron chi connectivity index (χ2n) is 23.5. The highest BCUT2D eigenvalue weighted by molar-refractivity contribution is 5.77. The van der Waals surface area contributed by atoms with Crippen molar-refractivity contribution < 1.29 is 61.8 Å². The number of nitrogens with zero attached hydrogens (tertiary/aromatic N) is 7. The molecule has 22 nitrogen and oxygen atoms in total. The molecule has 2 amide bonds. The summed E-state index contributed by atoms with van der Waals surface area (Å²) in [5.41, 5.74) is 14.1. The Bertz CT molecular complexity index is 3540. The zero-order valence-electron chi connectivity index (χ0n) is 57.3. The maximum absolute atomic E-state index is 13.2. The number of benzene rings is 3. The first-order chi connectivity index (χ1) is 45.5. The Morgan fingerprint density at radius 2 is 1.00 bits per heavy atom. The van der Waals surface area contributed by atoms with Gasteiger partial charge in [0.25, 0.3) is 5.91 Å². The summed E-state index contributed by atoms with van der Waals surface area (Å²) in [6.07, 6.45) is 5.34. The number of carbonyl (C=O) groups excluding carboxylic acids is 5. The lowest BCUT2D eigenvalue weighted by atomic mass is 10.0. The molecule has 0 atom stereocenters. The van der Waals surface area contributed by atoms with E-state index in [9.17, 15) is 24.0 Å². The molecule has 3 aromatic carbocycles. The molecule has 6 aromatic rings. The molecule has 5 N–H and O–H groups in total. The van der Waals surface area contributed by atoms with Gasteiger partial charge in [0.1, 0.15) is 31.6 Å². The summed E-state index contributed by atoms with van der Waals surface area (Å²) in [5, 5.41) is 5.48. The topological polar surface area (TPSA) is 244 Å². The normalized spacial score (nSPS) is 12.3. The van der Waals surface area contributed by atoms with Gasteiger partial charge in [-0.05, 0) is 123 Å². The van der Waals surface area contributed by atoms with Crippen LogP contribution in [0.1, 0.15) is 90.5 Å². The number of likely N-dealkylation sites (N-methyl/N-ethyl adjacent to an activating group) is 2. The van der Waals surface area contributed by atoms with Crippen molar-refractivity contribution in [1.82, 2.24) is 40.3 Å². The molecule has 4 heterocycles. The van der Waals surface area contributed by atoms with Gasteiger partial charge in [-0.25, -0.2) is 0 Å². The van der Waals surface area contributed by atoms with Crippen molar-refractivity contribution in [2.45, 2.75) is 73.4 Å². The molecular weight excluding hydrogens is 1210 g/mol. The molecule has 0 radical (unpaired) electrons. The summed E-state index contributed by atoms with van der Waals surface area (Å²) in [6.45, 7) is 10.4. The quantitative estimate of drug-likeness (QED) is 0.0259. The fraction of sp³-hybridized carbons (Fsp3) is 0.397. The molecule has 0 spiro atoms. The molecule has 0 unspecified atom stereocenters. The van der Waals surface area contributed by atoms with Crippen molar-refractivity contribution in [3.63, 3.8) is 0 Å². The number of nitrogens with two attached hydrogens (primary N) is 1. The van der Waals surface area contributed by atoms with E-state index in [-0.39, 0.29) is 84.3 Å². The molecular formula is C73H95N11O11+2. The lowest BCUT2D eigenvalue weighted by molar-refractivity contribution is -0.869. The zero-order valence-corrected chi connectivity index (χ0v) is 57.3. The van der Waals surface area contributed by atoms with E-state index in [1.165, 1.54) is 33.0 Å². The van der Waals surface area contributed by atoms with E-state index in [4.69, 9.17) is 44.4 Å². The second kappa shape index (κ2) is 42.6. The summed E-state index contributed by atoms with van der Waals surface area (Å²) in [4.78, 5) is 83.5. The smallest absolute Gasteiger partial charge is 0.319 e. The first kappa shape index (κ1) is 77.9. The summed E-state index contributed by atoms with van der Waals surface area (Å²) >= 11 is 0. The number of esters is 3. The number of ether oxygens (including phenoxy) is 6. The van der Waals surface area contributed by atoms with Crippen molar-refractivity contribution in [3.8, 4) is 58.7 Å². The molecule has 506 valence electrons. The average molecular weight is 1300 g/mol. The van der Waals surface area contributed by atoms with Crippen LogP contribution in [0.4, 0.5) is 0 Å². The SMILES string of the molecule is C#CC.CCNC(=O)COC.COC(=O)CN1Cc2cc(C#Cc3ccc(OCCCN)cc3)cc(n2)CN(COC(C)=O)Cc2cc(C#Cc3ccc(OCC(=O)NCC[N+](C)(C)C)cc3)cc(n2)CN(COC(C)=O)Cc2cc(-c3ccccc3)cc(n2)C1.C[NH+](C)C. The molecule has 7 rings (SSSR count). The number of carbonyl (C=O) groups is 5. The molecule has 1 aliphatic rings. The van der Waals surface area contributed by atoms with Crippen LogP contribution >= 0.6 is 0 Å². The maximum Gasteiger partial charge on any atom is 0.319 e. The van der Waals surface area contributed by atoms with Gasteiger partial charge in [-0.3, -0.25) is 53.6 Å². The standard InChI is InChI=1S/C62H69N9O9.C5H11NO2.C3H9N.C3H4/c1-45(72)79-43-69-37-54-30-49(15-13-47-17-21-59(22-18-47)77-28-10-25-63)29-53(65-54)35-68(41-62(75)76-6)36-57-33-52(51-11-8-7-9-12-51)34-58(67-57)40-70(44-80-46(2)73)39-56-32-50(31-55(38-69)66-56)16-14-48-19-23-60(24-20-48)78-42-61(74)64-26-27-71(3,4)5;1-3-6-5(7)4-8-2;1-4(2)3;1-3-2/h7-9,11-12,17-24,29-34H,10,25-28,35-44,63H2,1-6H3;3-4H2,1-2H3,(H,6,7);1-3H3;1H,2H3/p+2. The summed E-state index contributed by atoms with van der Waals surface area (Å²) in [6, 6.07) is 36.3. The van der Waals surface area contributed by atoms with Crippen molar-refractivity contribution in [1.29, 1.82) is 0 Å².